The lowest BCUT2D eigenvalue weighted by atomic mass is 10.2. The van der Waals surface area contributed by atoms with E-state index >= 15 is 0 Å². The van der Waals surface area contributed by atoms with Crippen LogP contribution in [0.5, 0.6) is 11.6 Å². The van der Waals surface area contributed by atoms with E-state index in [-0.39, 0.29) is 17.2 Å². The van der Waals surface area contributed by atoms with Crippen molar-refractivity contribution in [3.8, 4) is 23.5 Å². The molecule has 0 atom stereocenters. The lowest BCUT2D eigenvalue weighted by Gasteiger charge is -2.02. The summed E-state index contributed by atoms with van der Waals surface area (Å²) in [5, 5.41) is 12.7. The molecule has 0 radical (unpaired) electrons. The van der Waals surface area contributed by atoms with Crippen LogP contribution >= 0.6 is 0 Å². The fourth-order valence-electron chi connectivity index (χ4n) is 2.00. The molecule has 3 rings (SSSR count). The number of hydrogen-bond acceptors (Lipinski definition) is 4. The largest absolute Gasteiger partial charge is 0.477 e. The van der Waals surface area contributed by atoms with Crippen molar-refractivity contribution in [1.29, 1.82) is 0 Å². The molecule has 5 heteroatoms. The number of hydrogen-bond donors (Lipinski definition) is 1. The van der Waals surface area contributed by atoms with Crippen molar-refractivity contribution in [1.82, 2.24) is 5.16 Å². The summed E-state index contributed by atoms with van der Waals surface area (Å²) in [5.74, 6) is 6.59. The summed E-state index contributed by atoms with van der Waals surface area (Å²) in [4.78, 5) is 11.1. The molecular weight excluding hydrogens is 282 g/mol. The van der Waals surface area contributed by atoms with Crippen molar-refractivity contribution < 1.29 is 19.2 Å². The van der Waals surface area contributed by atoms with Gasteiger partial charge in [-0.2, -0.15) is 0 Å². The first-order valence-corrected chi connectivity index (χ1v) is 7.10. The topological polar surface area (TPSA) is 72.6 Å². The molecule has 0 saturated heterocycles. The van der Waals surface area contributed by atoms with Crippen molar-refractivity contribution in [2.24, 2.45) is 5.92 Å². The van der Waals surface area contributed by atoms with Gasteiger partial charge in [-0.05, 0) is 55.1 Å². The SMILES string of the molecule is Cc1onc(Oc2ccc(C#CCC3CC3)cc2)c1C(=O)O. The highest BCUT2D eigenvalue weighted by molar-refractivity contribution is 5.91. The fourth-order valence-corrected chi connectivity index (χ4v) is 2.00. The first-order chi connectivity index (χ1) is 10.6. The molecule has 112 valence electrons. The van der Waals surface area contributed by atoms with Gasteiger partial charge in [-0.3, -0.25) is 0 Å². The van der Waals surface area contributed by atoms with Crippen LogP contribution in [0.25, 0.3) is 0 Å². The van der Waals surface area contributed by atoms with Crippen LogP contribution < -0.4 is 4.74 Å². The van der Waals surface area contributed by atoms with Crippen molar-refractivity contribution in [3.05, 3.63) is 41.2 Å². The molecule has 0 bridgehead atoms. The molecule has 2 aromatic rings. The van der Waals surface area contributed by atoms with Crippen molar-refractivity contribution in [2.45, 2.75) is 26.2 Å². The van der Waals surface area contributed by atoms with Crippen molar-refractivity contribution in [2.75, 3.05) is 0 Å². The van der Waals surface area contributed by atoms with Crippen LogP contribution in [0, 0.1) is 24.7 Å². The second-order valence-corrected chi connectivity index (χ2v) is 5.30. The van der Waals surface area contributed by atoms with Gasteiger partial charge in [0.25, 0.3) is 5.88 Å². The predicted octanol–water partition coefficient (Wildman–Crippen LogP) is 3.63. The van der Waals surface area contributed by atoms with E-state index in [0.717, 1.165) is 17.9 Å². The predicted molar refractivity (Wildman–Crippen MR) is 78.9 cm³/mol. The van der Waals surface area contributed by atoms with Gasteiger partial charge < -0.3 is 14.4 Å². The van der Waals surface area contributed by atoms with Crippen LogP contribution in [-0.4, -0.2) is 16.2 Å². The second kappa shape index (κ2) is 5.94. The molecule has 1 aliphatic rings. The molecule has 1 N–H and O–H groups in total. The summed E-state index contributed by atoms with van der Waals surface area (Å²) >= 11 is 0. The standard InChI is InChI=1S/C17H15NO4/c1-11-15(17(19)20)16(18-22-11)21-14-9-7-13(8-10-14)4-2-3-12-5-6-12/h7-10,12H,3,5-6H2,1H3,(H,19,20). The highest BCUT2D eigenvalue weighted by Crippen LogP contribution is 2.31. The van der Waals surface area contributed by atoms with E-state index in [2.05, 4.69) is 17.0 Å². The minimum atomic E-state index is -1.13. The Kier molecular flexibility index (Phi) is 3.84. The number of carboxylic acids is 1. The molecule has 0 unspecified atom stereocenters. The molecule has 0 amide bonds. The number of aromatic nitrogens is 1. The molecule has 1 aromatic heterocycles. The first kappa shape index (κ1) is 14.2. The van der Waals surface area contributed by atoms with E-state index in [1.54, 1.807) is 12.1 Å². The van der Waals surface area contributed by atoms with E-state index < -0.39 is 5.97 Å². The Morgan fingerprint density at radius 2 is 2.14 bits per heavy atom. The summed E-state index contributed by atoms with van der Waals surface area (Å²) in [6.07, 6.45) is 3.55. The third kappa shape index (κ3) is 3.29. The molecule has 1 aliphatic carbocycles. The highest BCUT2D eigenvalue weighted by Gasteiger charge is 2.21. The van der Waals surface area contributed by atoms with Crippen LogP contribution in [0.1, 0.15) is 40.9 Å². The quantitative estimate of drug-likeness (QED) is 0.872. The molecule has 0 aliphatic heterocycles. The number of rotatable bonds is 4. The summed E-state index contributed by atoms with van der Waals surface area (Å²) in [5.41, 5.74) is 0.844. The molecule has 1 aromatic carbocycles. The minimum absolute atomic E-state index is 0.0439. The third-order valence-electron chi connectivity index (χ3n) is 3.43. The zero-order valence-corrected chi connectivity index (χ0v) is 12.1. The summed E-state index contributed by atoms with van der Waals surface area (Å²) < 4.78 is 10.3. The number of nitrogens with zero attached hydrogens (tertiary/aromatic N) is 1. The van der Waals surface area contributed by atoms with Gasteiger partial charge in [0.2, 0.25) is 0 Å². The van der Waals surface area contributed by atoms with Gasteiger partial charge in [0.05, 0.1) is 0 Å². The Morgan fingerprint density at radius 1 is 1.41 bits per heavy atom. The van der Waals surface area contributed by atoms with E-state index in [1.807, 2.05) is 12.1 Å². The number of aryl methyl sites for hydroxylation is 1. The van der Waals surface area contributed by atoms with Gasteiger partial charge in [0.1, 0.15) is 5.75 Å². The Hall–Kier alpha value is -2.74. The van der Waals surface area contributed by atoms with Crippen LogP contribution in [0.4, 0.5) is 0 Å². The summed E-state index contributed by atoms with van der Waals surface area (Å²) in [6, 6.07) is 7.14. The van der Waals surface area contributed by atoms with Gasteiger partial charge in [0.15, 0.2) is 11.3 Å². The summed E-state index contributed by atoms with van der Waals surface area (Å²) in [7, 11) is 0. The van der Waals surface area contributed by atoms with Gasteiger partial charge >= 0.3 is 5.97 Å². The lowest BCUT2D eigenvalue weighted by Crippen LogP contribution is -1.99. The lowest BCUT2D eigenvalue weighted by molar-refractivity contribution is 0.0692. The molecular formula is C17H15NO4. The minimum Gasteiger partial charge on any atom is -0.477 e. The maximum absolute atomic E-state index is 11.1. The molecule has 1 fully saturated rings. The highest BCUT2D eigenvalue weighted by atomic mass is 16.5. The number of benzene rings is 1. The maximum atomic E-state index is 11.1. The van der Waals surface area contributed by atoms with E-state index in [1.165, 1.54) is 19.8 Å². The van der Waals surface area contributed by atoms with E-state index in [9.17, 15) is 4.79 Å². The number of ether oxygens (including phenoxy) is 1. The van der Waals surface area contributed by atoms with Gasteiger partial charge in [-0.1, -0.05) is 11.8 Å². The average Bonchev–Trinajstić information content (AvgIpc) is 3.24. The third-order valence-corrected chi connectivity index (χ3v) is 3.43. The van der Waals surface area contributed by atoms with Gasteiger partial charge in [-0.15, -0.1) is 0 Å². The van der Waals surface area contributed by atoms with E-state index in [0.29, 0.717) is 5.75 Å². The van der Waals surface area contributed by atoms with E-state index in [4.69, 9.17) is 14.4 Å². The normalized spacial score (nSPS) is 13.3. The smallest absolute Gasteiger partial charge is 0.344 e. The fraction of sp³-hybridized carbons (Fsp3) is 0.294. The van der Waals surface area contributed by atoms with Crippen LogP contribution in [0.2, 0.25) is 0 Å². The van der Waals surface area contributed by atoms with Crippen molar-refractivity contribution >= 4 is 5.97 Å². The zero-order chi connectivity index (χ0) is 15.5. The molecule has 1 heterocycles. The summed E-state index contributed by atoms with van der Waals surface area (Å²) in [6.45, 7) is 1.53. The van der Waals surface area contributed by atoms with Crippen molar-refractivity contribution in [3.63, 3.8) is 0 Å². The van der Waals surface area contributed by atoms with Gasteiger partial charge in [0, 0.05) is 12.0 Å². The maximum Gasteiger partial charge on any atom is 0.344 e. The Labute approximate surface area is 127 Å². The zero-order valence-electron chi connectivity index (χ0n) is 12.1. The second-order valence-electron chi connectivity index (χ2n) is 5.30. The number of carboxylic acid groups (broad SMARTS) is 1. The molecule has 22 heavy (non-hydrogen) atoms. The van der Waals surface area contributed by atoms with Gasteiger partial charge in [-0.25, -0.2) is 4.79 Å². The van der Waals surface area contributed by atoms with Crippen LogP contribution in [-0.2, 0) is 0 Å². The molecule has 1 saturated carbocycles. The van der Waals surface area contributed by atoms with Crippen LogP contribution in [0.15, 0.2) is 28.8 Å². The molecule has 5 nitrogen and oxygen atoms in total. The first-order valence-electron chi connectivity index (χ1n) is 7.10. The number of aromatic carboxylic acids is 1. The van der Waals surface area contributed by atoms with Crippen LogP contribution in [0.3, 0.4) is 0 Å². The Morgan fingerprint density at radius 3 is 2.77 bits per heavy atom. The Balaban J connectivity index is 1.70. The number of carbonyl (C=O) groups is 1. The Bertz CT molecular complexity index is 745. The monoisotopic (exact) mass is 297 g/mol. The molecule has 0 spiro atoms. The average molecular weight is 297 g/mol.